The van der Waals surface area contributed by atoms with Gasteiger partial charge in [0.2, 0.25) is 0 Å². The van der Waals surface area contributed by atoms with Crippen molar-refractivity contribution in [1.29, 1.82) is 0 Å². The molecule has 0 spiro atoms. The van der Waals surface area contributed by atoms with Crippen molar-refractivity contribution in [3.63, 3.8) is 0 Å². The van der Waals surface area contributed by atoms with E-state index in [1.165, 1.54) is 0 Å². The van der Waals surface area contributed by atoms with Crippen LogP contribution in [0.1, 0.15) is 64.1 Å². The number of aryl methyl sites for hydroxylation is 2. The lowest BCUT2D eigenvalue weighted by Crippen LogP contribution is -2.25. The van der Waals surface area contributed by atoms with Crippen molar-refractivity contribution in [3.05, 3.63) is 51.9 Å². The van der Waals surface area contributed by atoms with E-state index in [0.717, 1.165) is 59.6 Å². The monoisotopic (exact) mass is 512 g/mol. The first-order valence-electron chi connectivity index (χ1n) is 12.8. The molecular formula is C28H40N4O5. The van der Waals surface area contributed by atoms with Crippen LogP contribution >= 0.6 is 0 Å². The third-order valence-electron chi connectivity index (χ3n) is 6.05. The van der Waals surface area contributed by atoms with Crippen molar-refractivity contribution in [2.75, 3.05) is 13.2 Å². The largest absolute Gasteiger partial charge is 0.460 e. The summed E-state index contributed by atoms with van der Waals surface area (Å²) in [5, 5.41) is 8.82. The number of imidazole rings is 1. The second-order valence-corrected chi connectivity index (χ2v) is 10.6. The highest BCUT2D eigenvalue weighted by Gasteiger charge is 2.23. The van der Waals surface area contributed by atoms with Gasteiger partial charge in [0, 0.05) is 50.2 Å². The molecule has 0 saturated carbocycles. The number of hydrogen-bond donors (Lipinski definition) is 2. The van der Waals surface area contributed by atoms with Gasteiger partial charge in [-0.05, 0) is 71.2 Å². The summed E-state index contributed by atoms with van der Waals surface area (Å²) in [5.74, 6) is 0.548. The maximum atomic E-state index is 12.1. The summed E-state index contributed by atoms with van der Waals surface area (Å²) >= 11 is 0. The van der Waals surface area contributed by atoms with E-state index in [9.17, 15) is 9.59 Å². The molecule has 202 valence electrons. The zero-order valence-electron chi connectivity index (χ0n) is 22.8. The minimum atomic E-state index is -0.621. The summed E-state index contributed by atoms with van der Waals surface area (Å²) in [6.07, 6.45) is 3.23. The molecule has 9 heteroatoms. The SMILES string of the molecule is CC(O)CC(=O)OC(C)(C)C.Cc1cc(-c2nc3ccc(CN)cc3n2C2CCOCC2)cn(C)c1=O. The number of esters is 1. The molecule has 37 heavy (non-hydrogen) atoms. The van der Waals surface area contributed by atoms with Gasteiger partial charge < -0.3 is 29.4 Å². The molecule has 3 N–H and O–H groups in total. The highest BCUT2D eigenvalue weighted by molar-refractivity contribution is 5.81. The van der Waals surface area contributed by atoms with Gasteiger partial charge in [0.15, 0.2) is 0 Å². The van der Waals surface area contributed by atoms with E-state index in [0.29, 0.717) is 12.6 Å². The maximum absolute atomic E-state index is 12.1. The Hall–Kier alpha value is -3.01. The van der Waals surface area contributed by atoms with Gasteiger partial charge in [-0.2, -0.15) is 0 Å². The fraction of sp³-hybridized carbons (Fsp3) is 0.536. The highest BCUT2D eigenvalue weighted by atomic mass is 16.6. The van der Waals surface area contributed by atoms with Crippen molar-refractivity contribution in [1.82, 2.24) is 14.1 Å². The second kappa shape index (κ2) is 12.0. The van der Waals surface area contributed by atoms with Crippen LogP contribution in [0.4, 0.5) is 0 Å². The number of aromatic nitrogens is 3. The third-order valence-corrected chi connectivity index (χ3v) is 6.05. The number of fused-ring (bicyclic) bond motifs is 1. The molecule has 9 nitrogen and oxygen atoms in total. The Balaban J connectivity index is 0.000000295. The van der Waals surface area contributed by atoms with E-state index in [-0.39, 0.29) is 17.9 Å². The molecule has 4 rings (SSSR count). The number of nitrogens with zero attached hydrogens (tertiary/aromatic N) is 3. The number of aliphatic hydroxyl groups is 1. The molecule has 0 aliphatic carbocycles. The zero-order chi connectivity index (χ0) is 27.3. The summed E-state index contributed by atoms with van der Waals surface area (Å²) < 4.78 is 14.4. The van der Waals surface area contributed by atoms with Gasteiger partial charge in [0.25, 0.3) is 5.56 Å². The summed E-state index contributed by atoms with van der Waals surface area (Å²) in [6.45, 7) is 10.8. The molecule has 1 aromatic carbocycles. The Labute approximate surface area is 218 Å². The molecule has 1 aliphatic rings. The van der Waals surface area contributed by atoms with Crippen LogP contribution in [0.25, 0.3) is 22.4 Å². The van der Waals surface area contributed by atoms with E-state index in [1.54, 1.807) is 39.3 Å². The smallest absolute Gasteiger partial charge is 0.308 e. The van der Waals surface area contributed by atoms with Gasteiger partial charge in [0.05, 0.1) is 23.6 Å². The topological polar surface area (TPSA) is 122 Å². The summed E-state index contributed by atoms with van der Waals surface area (Å²) in [7, 11) is 1.78. The first kappa shape index (κ1) is 28.6. The first-order valence-corrected chi connectivity index (χ1v) is 12.8. The van der Waals surface area contributed by atoms with Gasteiger partial charge in [-0.25, -0.2) is 4.98 Å². The molecule has 1 atom stereocenters. The number of hydrogen-bond acceptors (Lipinski definition) is 7. The summed E-state index contributed by atoms with van der Waals surface area (Å²) in [5.41, 5.74) is 10.2. The number of benzene rings is 1. The first-order chi connectivity index (χ1) is 17.4. The molecular weight excluding hydrogens is 472 g/mol. The Bertz CT molecular complexity index is 1250. The Morgan fingerprint density at radius 3 is 2.51 bits per heavy atom. The van der Waals surface area contributed by atoms with Crippen LogP contribution in [0.15, 0.2) is 35.3 Å². The molecule has 3 heterocycles. The number of carbonyl (C=O) groups excluding carboxylic acids is 1. The van der Waals surface area contributed by atoms with Crippen molar-refractivity contribution in [3.8, 4) is 11.4 Å². The lowest BCUT2D eigenvalue weighted by atomic mass is 10.1. The standard InChI is InChI=1S/C20H24N4O2.C8H16O3/c1-13-9-15(12-23(2)20(13)25)19-22-17-4-3-14(11-21)10-18(17)24(19)16-5-7-26-8-6-16;1-6(9)5-7(10)11-8(2,3)4/h3-4,9-10,12,16H,5-8,11,21H2,1-2H3;6,9H,5H2,1-4H3. The van der Waals surface area contributed by atoms with Crippen LogP contribution in [0.3, 0.4) is 0 Å². The minimum Gasteiger partial charge on any atom is -0.460 e. The lowest BCUT2D eigenvalue weighted by Gasteiger charge is -2.26. The molecule has 3 aromatic rings. The van der Waals surface area contributed by atoms with Crippen LogP contribution in [-0.2, 0) is 27.9 Å². The van der Waals surface area contributed by atoms with Gasteiger partial charge >= 0.3 is 5.97 Å². The van der Waals surface area contributed by atoms with E-state index in [4.69, 9.17) is 25.3 Å². The second-order valence-electron chi connectivity index (χ2n) is 10.6. The molecule has 1 unspecified atom stereocenters. The predicted molar refractivity (Wildman–Crippen MR) is 144 cm³/mol. The summed E-state index contributed by atoms with van der Waals surface area (Å²) in [6, 6.07) is 8.46. The van der Waals surface area contributed by atoms with Crippen LogP contribution in [-0.4, -0.2) is 50.1 Å². The summed E-state index contributed by atoms with van der Waals surface area (Å²) in [4.78, 5) is 27.9. The van der Waals surface area contributed by atoms with Gasteiger partial charge in [-0.15, -0.1) is 0 Å². The third kappa shape index (κ3) is 7.50. The fourth-order valence-electron chi connectivity index (χ4n) is 4.41. The van der Waals surface area contributed by atoms with Gasteiger partial charge in [0.1, 0.15) is 11.4 Å². The van der Waals surface area contributed by atoms with Crippen LogP contribution in [0, 0.1) is 6.92 Å². The molecule has 1 aliphatic heterocycles. The molecule has 1 fully saturated rings. The molecule has 0 amide bonds. The van der Waals surface area contributed by atoms with E-state index < -0.39 is 11.7 Å². The van der Waals surface area contributed by atoms with E-state index in [2.05, 4.69) is 10.6 Å². The average Bonchev–Trinajstić information content (AvgIpc) is 3.20. The van der Waals surface area contributed by atoms with Crippen molar-refractivity contribution < 1.29 is 19.4 Å². The number of ether oxygens (including phenoxy) is 2. The minimum absolute atomic E-state index is 0.0212. The van der Waals surface area contributed by atoms with Crippen LogP contribution in [0.5, 0.6) is 0 Å². The number of carbonyl (C=O) groups is 1. The highest BCUT2D eigenvalue weighted by Crippen LogP contribution is 2.33. The van der Waals surface area contributed by atoms with Crippen molar-refractivity contribution in [2.24, 2.45) is 12.8 Å². The molecule has 0 radical (unpaired) electrons. The maximum Gasteiger partial charge on any atom is 0.308 e. The fourth-order valence-corrected chi connectivity index (χ4v) is 4.41. The normalized spacial score (nSPS) is 15.2. The number of pyridine rings is 1. The van der Waals surface area contributed by atoms with Crippen molar-refractivity contribution in [2.45, 2.75) is 78.2 Å². The zero-order valence-corrected chi connectivity index (χ0v) is 22.8. The van der Waals surface area contributed by atoms with Crippen molar-refractivity contribution >= 4 is 17.0 Å². The van der Waals surface area contributed by atoms with Gasteiger partial charge in [-0.3, -0.25) is 9.59 Å². The van der Waals surface area contributed by atoms with E-state index >= 15 is 0 Å². The molecule has 1 saturated heterocycles. The van der Waals surface area contributed by atoms with Gasteiger partial charge in [-0.1, -0.05) is 6.07 Å². The number of rotatable bonds is 5. The van der Waals surface area contributed by atoms with Crippen LogP contribution < -0.4 is 11.3 Å². The molecule has 2 aromatic heterocycles. The lowest BCUT2D eigenvalue weighted by molar-refractivity contribution is -0.156. The number of aliphatic hydroxyl groups excluding tert-OH is 1. The Morgan fingerprint density at radius 1 is 1.27 bits per heavy atom. The Morgan fingerprint density at radius 2 is 1.95 bits per heavy atom. The van der Waals surface area contributed by atoms with E-state index in [1.807, 2.05) is 31.3 Å². The Kier molecular flexibility index (Phi) is 9.28. The molecule has 0 bridgehead atoms. The quantitative estimate of drug-likeness (QED) is 0.501. The predicted octanol–water partition coefficient (Wildman–Crippen LogP) is 3.62. The van der Waals surface area contributed by atoms with Crippen LogP contribution in [0.2, 0.25) is 0 Å². The average molecular weight is 513 g/mol. The number of nitrogens with two attached hydrogens (primary N) is 1.